The van der Waals surface area contributed by atoms with Crippen LogP contribution in [0.2, 0.25) is 0 Å². The molecule has 1 aliphatic carbocycles. The van der Waals surface area contributed by atoms with E-state index >= 15 is 0 Å². The molecule has 0 saturated heterocycles. The molecule has 0 atom stereocenters. The predicted molar refractivity (Wildman–Crippen MR) is 79.4 cm³/mol. The van der Waals surface area contributed by atoms with Crippen LogP contribution in [0.25, 0.3) is 0 Å². The Hall–Kier alpha value is -1.51. The van der Waals surface area contributed by atoms with E-state index in [2.05, 4.69) is 5.32 Å². The minimum absolute atomic E-state index is 0.353. The zero-order valence-corrected chi connectivity index (χ0v) is 11.7. The maximum absolute atomic E-state index is 11.3. The molecule has 1 saturated carbocycles. The summed E-state index contributed by atoms with van der Waals surface area (Å²) < 4.78 is 0. The van der Waals surface area contributed by atoms with E-state index in [9.17, 15) is 4.79 Å². The Bertz CT molecular complexity index is 436. The summed E-state index contributed by atoms with van der Waals surface area (Å²) in [6, 6.07) is 5.68. The van der Waals surface area contributed by atoms with Crippen molar-refractivity contribution in [3.8, 4) is 0 Å². The van der Waals surface area contributed by atoms with E-state index in [0.717, 1.165) is 23.7 Å². The predicted octanol–water partition coefficient (Wildman–Crippen LogP) is 3.48. The molecule has 0 spiro atoms. The SMILES string of the molecule is Cc1c(NCCC2CCCCC2)cccc1C(N)=O. The van der Waals surface area contributed by atoms with Crippen molar-refractivity contribution >= 4 is 11.6 Å². The molecule has 1 aliphatic rings. The van der Waals surface area contributed by atoms with Gasteiger partial charge in [0, 0.05) is 17.8 Å². The summed E-state index contributed by atoms with van der Waals surface area (Å²) >= 11 is 0. The second kappa shape index (κ2) is 6.60. The van der Waals surface area contributed by atoms with Crippen LogP contribution in [0.1, 0.15) is 54.4 Å². The summed E-state index contributed by atoms with van der Waals surface area (Å²) in [5, 5.41) is 3.45. The van der Waals surface area contributed by atoms with Gasteiger partial charge in [0.05, 0.1) is 0 Å². The molecule has 1 aromatic carbocycles. The van der Waals surface area contributed by atoms with Gasteiger partial charge in [-0.3, -0.25) is 4.79 Å². The lowest BCUT2D eigenvalue weighted by Gasteiger charge is -2.22. The highest BCUT2D eigenvalue weighted by atomic mass is 16.1. The standard InChI is InChI=1S/C16H24N2O/c1-12-14(16(17)19)8-5-9-15(12)18-11-10-13-6-3-2-4-7-13/h5,8-9,13,18H,2-4,6-7,10-11H2,1H3,(H2,17,19). The van der Waals surface area contributed by atoms with Gasteiger partial charge in [-0.15, -0.1) is 0 Å². The summed E-state index contributed by atoms with van der Waals surface area (Å²) in [4.78, 5) is 11.3. The first-order valence-electron chi connectivity index (χ1n) is 7.32. The monoisotopic (exact) mass is 260 g/mol. The van der Waals surface area contributed by atoms with E-state index in [-0.39, 0.29) is 5.91 Å². The molecule has 0 aromatic heterocycles. The molecular weight excluding hydrogens is 236 g/mol. The number of carbonyl (C=O) groups is 1. The van der Waals surface area contributed by atoms with E-state index in [1.807, 2.05) is 19.1 Å². The van der Waals surface area contributed by atoms with Gasteiger partial charge < -0.3 is 11.1 Å². The largest absolute Gasteiger partial charge is 0.385 e. The van der Waals surface area contributed by atoms with Crippen LogP contribution in [0.4, 0.5) is 5.69 Å². The highest BCUT2D eigenvalue weighted by Crippen LogP contribution is 2.26. The zero-order valence-electron chi connectivity index (χ0n) is 11.7. The molecule has 3 N–H and O–H groups in total. The lowest BCUT2D eigenvalue weighted by molar-refractivity contribution is 0.1000. The fourth-order valence-electron chi connectivity index (χ4n) is 2.98. The molecule has 1 fully saturated rings. The molecule has 0 bridgehead atoms. The molecule has 2 rings (SSSR count). The Morgan fingerprint density at radius 3 is 2.74 bits per heavy atom. The number of hydrogen-bond donors (Lipinski definition) is 2. The van der Waals surface area contributed by atoms with Crippen LogP contribution in [-0.4, -0.2) is 12.5 Å². The van der Waals surface area contributed by atoms with Gasteiger partial charge in [0.2, 0.25) is 5.91 Å². The number of primary amides is 1. The summed E-state index contributed by atoms with van der Waals surface area (Å²) in [7, 11) is 0. The number of anilines is 1. The van der Waals surface area contributed by atoms with Crippen LogP contribution >= 0.6 is 0 Å². The fourth-order valence-corrected chi connectivity index (χ4v) is 2.98. The first-order chi connectivity index (χ1) is 9.18. The van der Waals surface area contributed by atoms with Gasteiger partial charge in [-0.2, -0.15) is 0 Å². The Balaban J connectivity index is 1.88. The summed E-state index contributed by atoms with van der Waals surface area (Å²) in [6.07, 6.45) is 8.16. The van der Waals surface area contributed by atoms with Gasteiger partial charge in [0.1, 0.15) is 0 Å². The Morgan fingerprint density at radius 1 is 1.32 bits per heavy atom. The molecule has 0 unspecified atom stereocenters. The van der Waals surface area contributed by atoms with Crippen molar-refractivity contribution in [3.63, 3.8) is 0 Å². The third kappa shape index (κ3) is 3.72. The summed E-state index contributed by atoms with van der Waals surface area (Å²) in [5.74, 6) is 0.523. The third-order valence-corrected chi connectivity index (χ3v) is 4.19. The second-order valence-corrected chi connectivity index (χ2v) is 5.56. The van der Waals surface area contributed by atoms with Gasteiger partial charge in [0.25, 0.3) is 0 Å². The van der Waals surface area contributed by atoms with Crippen LogP contribution in [-0.2, 0) is 0 Å². The fraction of sp³-hybridized carbons (Fsp3) is 0.562. The van der Waals surface area contributed by atoms with Crippen LogP contribution < -0.4 is 11.1 Å². The number of carbonyl (C=O) groups excluding carboxylic acids is 1. The van der Waals surface area contributed by atoms with Crippen LogP contribution in [0.15, 0.2) is 18.2 Å². The molecular formula is C16H24N2O. The molecule has 19 heavy (non-hydrogen) atoms. The van der Waals surface area contributed by atoms with E-state index in [0.29, 0.717) is 5.56 Å². The van der Waals surface area contributed by atoms with E-state index in [1.54, 1.807) is 6.07 Å². The van der Waals surface area contributed by atoms with Gasteiger partial charge in [-0.25, -0.2) is 0 Å². The molecule has 3 heteroatoms. The molecule has 1 amide bonds. The first kappa shape index (κ1) is 13.9. The van der Waals surface area contributed by atoms with Crippen molar-refractivity contribution in [3.05, 3.63) is 29.3 Å². The normalized spacial score (nSPS) is 16.3. The summed E-state index contributed by atoms with van der Waals surface area (Å²) in [5.41, 5.74) is 7.97. The van der Waals surface area contributed by atoms with Crippen LogP contribution in [0, 0.1) is 12.8 Å². The maximum atomic E-state index is 11.3. The topological polar surface area (TPSA) is 55.1 Å². The van der Waals surface area contributed by atoms with Crippen LogP contribution in [0.3, 0.4) is 0 Å². The minimum Gasteiger partial charge on any atom is -0.385 e. The van der Waals surface area contributed by atoms with Crippen molar-refractivity contribution in [1.29, 1.82) is 0 Å². The van der Waals surface area contributed by atoms with Crippen molar-refractivity contribution in [2.45, 2.75) is 45.4 Å². The molecule has 0 aliphatic heterocycles. The molecule has 1 aromatic rings. The number of amides is 1. The minimum atomic E-state index is -0.353. The molecule has 0 radical (unpaired) electrons. The number of hydrogen-bond acceptors (Lipinski definition) is 2. The molecule has 3 nitrogen and oxygen atoms in total. The third-order valence-electron chi connectivity index (χ3n) is 4.19. The van der Waals surface area contributed by atoms with Crippen molar-refractivity contribution < 1.29 is 4.79 Å². The quantitative estimate of drug-likeness (QED) is 0.851. The average molecular weight is 260 g/mol. The van der Waals surface area contributed by atoms with Crippen LogP contribution in [0.5, 0.6) is 0 Å². The van der Waals surface area contributed by atoms with Gasteiger partial charge in [-0.05, 0) is 37.0 Å². The van der Waals surface area contributed by atoms with Crippen molar-refractivity contribution in [1.82, 2.24) is 0 Å². The van der Waals surface area contributed by atoms with Gasteiger partial charge in [0.15, 0.2) is 0 Å². The second-order valence-electron chi connectivity index (χ2n) is 5.56. The highest BCUT2D eigenvalue weighted by molar-refractivity contribution is 5.95. The van der Waals surface area contributed by atoms with Crippen molar-refractivity contribution in [2.75, 3.05) is 11.9 Å². The van der Waals surface area contributed by atoms with Gasteiger partial charge >= 0.3 is 0 Å². The summed E-state index contributed by atoms with van der Waals surface area (Å²) in [6.45, 7) is 2.93. The first-order valence-corrected chi connectivity index (χ1v) is 7.32. The number of nitrogens with two attached hydrogens (primary N) is 1. The van der Waals surface area contributed by atoms with Crippen molar-refractivity contribution in [2.24, 2.45) is 11.7 Å². The molecule has 0 heterocycles. The highest BCUT2D eigenvalue weighted by Gasteiger charge is 2.13. The lowest BCUT2D eigenvalue weighted by Crippen LogP contribution is -2.15. The lowest BCUT2D eigenvalue weighted by atomic mass is 9.87. The maximum Gasteiger partial charge on any atom is 0.249 e. The number of rotatable bonds is 5. The van der Waals surface area contributed by atoms with E-state index in [4.69, 9.17) is 5.73 Å². The Labute approximate surface area is 115 Å². The smallest absolute Gasteiger partial charge is 0.249 e. The zero-order chi connectivity index (χ0) is 13.7. The Kier molecular flexibility index (Phi) is 4.83. The Morgan fingerprint density at radius 2 is 2.05 bits per heavy atom. The number of nitrogens with one attached hydrogen (secondary N) is 1. The van der Waals surface area contributed by atoms with E-state index in [1.165, 1.54) is 38.5 Å². The van der Waals surface area contributed by atoms with E-state index < -0.39 is 0 Å². The number of benzene rings is 1. The average Bonchev–Trinajstić information content (AvgIpc) is 2.41. The van der Waals surface area contributed by atoms with Gasteiger partial charge in [-0.1, -0.05) is 38.2 Å². The molecule has 104 valence electrons.